The van der Waals surface area contributed by atoms with Crippen LogP contribution in [0, 0.1) is 5.92 Å². The average Bonchev–Trinajstić information content (AvgIpc) is 2.62. The Morgan fingerprint density at radius 3 is 2.42 bits per heavy atom. The van der Waals surface area contributed by atoms with E-state index in [1.807, 2.05) is 54.6 Å². The van der Waals surface area contributed by atoms with E-state index >= 15 is 0 Å². The molecule has 1 saturated carbocycles. The molecule has 0 bridgehead atoms. The Balaban J connectivity index is 1.88. The second-order valence-corrected chi connectivity index (χ2v) is 6.91. The second-order valence-electron chi connectivity index (χ2n) is 6.47. The minimum Gasteiger partial charge on any atom is -0.299 e. The number of Topliss-reactive ketones (excluding diaryl/α,β-unsaturated/α-hetero) is 2. The highest BCUT2D eigenvalue weighted by Crippen LogP contribution is 2.37. The molecule has 3 rings (SSSR count). The fourth-order valence-corrected chi connectivity index (χ4v) is 3.71. The Labute approximate surface area is 147 Å². The maximum absolute atomic E-state index is 12.7. The largest absolute Gasteiger partial charge is 0.299 e. The van der Waals surface area contributed by atoms with Crippen molar-refractivity contribution in [3.63, 3.8) is 0 Å². The van der Waals surface area contributed by atoms with Gasteiger partial charge in [-0.25, -0.2) is 0 Å². The Morgan fingerprint density at radius 1 is 1.04 bits per heavy atom. The molecule has 0 unspecified atom stereocenters. The van der Waals surface area contributed by atoms with Crippen molar-refractivity contribution in [1.29, 1.82) is 0 Å². The summed E-state index contributed by atoms with van der Waals surface area (Å²) in [7, 11) is 0. The van der Waals surface area contributed by atoms with Gasteiger partial charge in [0.05, 0.1) is 0 Å². The van der Waals surface area contributed by atoms with Crippen LogP contribution >= 0.6 is 11.6 Å². The monoisotopic (exact) mass is 340 g/mol. The number of hydrogen-bond acceptors (Lipinski definition) is 2. The van der Waals surface area contributed by atoms with Gasteiger partial charge in [-0.1, -0.05) is 60.5 Å². The summed E-state index contributed by atoms with van der Waals surface area (Å²) in [5.41, 5.74) is 1.74. The lowest BCUT2D eigenvalue weighted by atomic mass is 9.73. The van der Waals surface area contributed by atoms with E-state index in [4.69, 9.17) is 11.6 Å². The molecule has 2 aromatic carbocycles. The molecule has 0 radical (unpaired) electrons. The van der Waals surface area contributed by atoms with E-state index in [1.54, 1.807) is 0 Å². The van der Waals surface area contributed by atoms with Crippen molar-refractivity contribution in [2.24, 2.45) is 5.92 Å². The SMILES string of the molecule is O=C(C[C@H](c1ccc(Cl)cc1)[C@H]1CCCCC1=O)c1ccccc1. The summed E-state index contributed by atoms with van der Waals surface area (Å²) in [5, 5.41) is 0.668. The Hall–Kier alpha value is -1.93. The van der Waals surface area contributed by atoms with E-state index in [2.05, 4.69) is 0 Å². The van der Waals surface area contributed by atoms with E-state index < -0.39 is 0 Å². The van der Waals surface area contributed by atoms with Crippen LogP contribution in [0.25, 0.3) is 0 Å². The van der Waals surface area contributed by atoms with Gasteiger partial charge in [0.15, 0.2) is 5.78 Å². The number of ketones is 2. The molecule has 0 spiro atoms. The molecule has 2 aromatic rings. The predicted molar refractivity (Wildman–Crippen MR) is 96.5 cm³/mol. The molecule has 0 heterocycles. The summed E-state index contributed by atoms with van der Waals surface area (Å²) in [4.78, 5) is 25.2. The van der Waals surface area contributed by atoms with Gasteiger partial charge in [-0.3, -0.25) is 9.59 Å². The van der Waals surface area contributed by atoms with E-state index in [0.717, 1.165) is 24.8 Å². The zero-order valence-corrected chi connectivity index (χ0v) is 14.3. The van der Waals surface area contributed by atoms with E-state index in [0.29, 0.717) is 29.2 Å². The first kappa shape index (κ1) is 16.9. The quantitative estimate of drug-likeness (QED) is 0.677. The van der Waals surface area contributed by atoms with E-state index in [-0.39, 0.29) is 17.6 Å². The summed E-state index contributed by atoms with van der Waals surface area (Å²) in [6.07, 6.45) is 3.89. The smallest absolute Gasteiger partial charge is 0.163 e. The molecule has 1 aliphatic carbocycles. The first-order valence-electron chi connectivity index (χ1n) is 8.51. The van der Waals surface area contributed by atoms with Gasteiger partial charge in [0.1, 0.15) is 5.78 Å². The number of rotatable bonds is 5. The van der Waals surface area contributed by atoms with Crippen LogP contribution in [0.15, 0.2) is 54.6 Å². The summed E-state index contributed by atoms with van der Waals surface area (Å²) >= 11 is 6.00. The van der Waals surface area contributed by atoms with Crippen molar-refractivity contribution >= 4 is 23.2 Å². The molecular weight excluding hydrogens is 320 g/mol. The van der Waals surface area contributed by atoms with Crippen molar-refractivity contribution in [2.75, 3.05) is 0 Å². The number of hydrogen-bond donors (Lipinski definition) is 0. The van der Waals surface area contributed by atoms with Crippen LogP contribution in [-0.4, -0.2) is 11.6 Å². The Kier molecular flexibility index (Phi) is 5.47. The zero-order valence-electron chi connectivity index (χ0n) is 13.6. The lowest BCUT2D eigenvalue weighted by Crippen LogP contribution is -2.27. The van der Waals surface area contributed by atoms with Crippen molar-refractivity contribution < 1.29 is 9.59 Å². The van der Waals surface area contributed by atoms with Crippen molar-refractivity contribution in [2.45, 2.75) is 38.0 Å². The molecule has 0 N–H and O–H groups in total. The van der Waals surface area contributed by atoms with Crippen molar-refractivity contribution in [3.05, 3.63) is 70.7 Å². The van der Waals surface area contributed by atoms with Crippen molar-refractivity contribution in [3.8, 4) is 0 Å². The van der Waals surface area contributed by atoms with Gasteiger partial charge in [0.2, 0.25) is 0 Å². The van der Waals surface area contributed by atoms with Crippen LogP contribution in [0.4, 0.5) is 0 Å². The summed E-state index contributed by atoms with van der Waals surface area (Å²) in [6, 6.07) is 16.9. The van der Waals surface area contributed by atoms with Crippen LogP contribution in [-0.2, 0) is 4.79 Å². The maximum atomic E-state index is 12.7. The third-order valence-corrected chi connectivity index (χ3v) is 5.14. The molecule has 124 valence electrons. The lowest BCUT2D eigenvalue weighted by Gasteiger charge is -2.29. The molecular formula is C21H21ClO2. The number of halogens is 1. The fourth-order valence-electron chi connectivity index (χ4n) is 3.58. The summed E-state index contributed by atoms with van der Waals surface area (Å²) in [5.74, 6) is 0.256. The fraction of sp³-hybridized carbons (Fsp3) is 0.333. The lowest BCUT2D eigenvalue weighted by molar-refractivity contribution is -0.125. The number of carbonyl (C=O) groups is 2. The van der Waals surface area contributed by atoms with Gasteiger partial charge < -0.3 is 0 Å². The number of carbonyl (C=O) groups excluding carboxylic acids is 2. The van der Waals surface area contributed by atoms with Gasteiger partial charge in [-0.15, -0.1) is 0 Å². The topological polar surface area (TPSA) is 34.1 Å². The van der Waals surface area contributed by atoms with Crippen molar-refractivity contribution in [1.82, 2.24) is 0 Å². The summed E-state index contributed by atoms with van der Waals surface area (Å²) < 4.78 is 0. The third-order valence-electron chi connectivity index (χ3n) is 4.89. The molecule has 3 heteroatoms. The molecule has 0 amide bonds. The molecule has 24 heavy (non-hydrogen) atoms. The average molecular weight is 341 g/mol. The minimum absolute atomic E-state index is 0.0624. The highest BCUT2D eigenvalue weighted by Gasteiger charge is 2.32. The maximum Gasteiger partial charge on any atom is 0.163 e. The second kappa shape index (κ2) is 7.76. The molecule has 0 aliphatic heterocycles. The third kappa shape index (κ3) is 3.93. The first-order chi connectivity index (χ1) is 11.6. The zero-order chi connectivity index (χ0) is 16.9. The predicted octanol–water partition coefficient (Wildman–Crippen LogP) is 5.46. The standard InChI is InChI=1S/C21H21ClO2/c22-17-12-10-15(11-13-17)19(18-8-4-5-9-20(18)23)14-21(24)16-6-2-1-3-7-16/h1-3,6-7,10-13,18-19H,4-5,8-9,14H2/t18-,19-/m1/s1. The molecule has 0 saturated heterocycles. The molecule has 0 aromatic heterocycles. The highest BCUT2D eigenvalue weighted by atomic mass is 35.5. The number of benzene rings is 2. The molecule has 2 nitrogen and oxygen atoms in total. The Bertz CT molecular complexity index is 706. The van der Waals surface area contributed by atoms with Crippen LogP contribution in [0.5, 0.6) is 0 Å². The normalized spacial score (nSPS) is 19.0. The van der Waals surface area contributed by atoms with Crippen LogP contribution in [0.2, 0.25) is 5.02 Å². The molecule has 2 atom stereocenters. The van der Waals surface area contributed by atoms with Crippen LogP contribution in [0.3, 0.4) is 0 Å². The van der Waals surface area contributed by atoms with Gasteiger partial charge in [0.25, 0.3) is 0 Å². The van der Waals surface area contributed by atoms with Gasteiger partial charge in [0, 0.05) is 35.3 Å². The van der Waals surface area contributed by atoms with Gasteiger partial charge in [-0.2, -0.15) is 0 Å². The molecule has 1 fully saturated rings. The van der Waals surface area contributed by atoms with Gasteiger partial charge in [-0.05, 0) is 30.5 Å². The highest BCUT2D eigenvalue weighted by molar-refractivity contribution is 6.30. The van der Waals surface area contributed by atoms with Crippen LogP contribution in [0.1, 0.15) is 53.9 Å². The van der Waals surface area contributed by atoms with E-state index in [1.165, 1.54) is 0 Å². The van der Waals surface area contributed by atoms with Gasteiger partial charge >= 0.3 is 0 Å². The van der Waals surface area contributed by atoms with Crippen LogP contribution < -0.4 is 0 Å². The Morgan fingerprint density at radius 2 is 1.75 bits per heavy atom. The first-order valence-corrected chi connectivity index (χ1v) is 8.89. The summed E-state index contributed by atoms with van der Waals surface area (Å²) in [6.45, 7) is 0. The van der Waals surface area contributed by atoms with E-state index in [9.17, 15) is 9.59 Å². The molecule has 1 aliphatic rings. The minimum atomic E-state index is -0.0669.